The second-order valence-corrected chi connectivity index (χ2v) is 8.59. The van der Waals surface area contributed by atoms with E-state index in [2.05, 4.69) is 22.5 Å². The van der Waals surface area contributed by atoms with Crippen LogP contribution in [0.25, 0.3) is 0 Å². The predicted molar refractivity (Wildman–Crippen MR) is 131 cm³/mol. The molecule has 0 saturated carbocycles. The van der Waals surface area contributed by atoms with Gasteiger partial charge in [0.05, 0.1) is 0 Å². The molecule has 1 aromatic heterocycles. The van der Waals surface area contributed by atoms with Crippen molar-refractivity contribution in [3.63, 3.8) is 0 Å². The highest BCUT2D eigenvalue weighted by atomic mass is 16.4. The number of likely N-dealkylation sites (tertiary alicyclic amines) is 1. The molecular weight excluding hydrogens is 454 g/mol. The van der Waals surface area contributed by atoms with Crippen LogP contribution < -0.4 is 16.2 Å². The normalized spacial score (nSPS) is 15.5. The molecule has 0 aliphatic carbocycles. The van der Waals surface area contributed by atoms with Gasteiger partial charge in [-0.15, -0.1) is 0 Å². The van der Waals surface area contributed by atoms with Gasteiger partial charge >= 0.3 is 5.97 Å². The molecule has 1 aromatic rings. The number of rotatable bonds is 11. The zero-order valence-corrected chi connectivity index (χ0v) is 20.5. The van der Waals surface area contributed by atoms with E-state index in [1.165, 1.54) is 29.8 Å². The number of nitrogens with one attached hydrogen (secondary N) is 2. The zero-order valence-electron chi connectivity index (χ0n) is 20.5. The first-order valence-electron chi connectivity index (χ1n) is 11.8. The summed E-state index contributed by atoms with van der Waals surface area (Å²) in [6.45, 7) is 6.07. The standard InChI is InChI=1S/C24H35N5O6/c1-4-28-14-11-18(12-15-28)27(3)21(31)16-29-13-7-9-20(24(29)35)26-23(34)19(25-17(2)30)8-5-6-10-22(32)33/h6-7,9-10,13,18-19H,4-5,8,11-12,14-16H2,1-3H3,(H,25,30)(H,26,34)(H,32,33)/b10-6+. The van der Waals surface area contributed by atoms with Gasteiger partial charge in [0.25, 0.3) is 5.56 Å². The van der Waals surface area contributed by atoms with E-state index < -0.39 is 29.4 Å². The topological polar surface area (TPSA) is 141 Å². The second kappa shape index (κ2) is 13.4. The van der Waals surface area contributed by atoms with Crippen molar-refractivity contribution in [2.45, 2.75) is 58.2 Å². The zero-order chi connectivity index (χ0) is 26.0. The number of aliphatic carboxylic acids is 1. The number of carboxylic acids is 1. The Morgan fingerprint density at radius 2 is 1.94 bits per heavy atom. The number of nitrogens with zero attached hydrogens (tertiary/aromatic N) is 3. The summed E-state index contributed by atoms with van der Waals surface area (Å²) in [5.74, 6) is -2.34. The Morgan fingerprint density at radius 3 is 2.54 bits per heavy atom. The van der Waals surface area contributed by atoms with Crippen LogP contribution in [0, 0.1) is 0 Å². The van der Waals surface area contributed by atoms with Crippen LogP contribution >= 0.6 is 0 Å². The molecule has 11 heteroatoms. The number of hydrogen-bond donors (Lipinski definition) is 3. The lowest BCUT2D eigenvalue weighted by atomic mass is 10.0. The van der Waals surface area contributed by atoms with Crippen LogP contribution in [0.4, 0.5) is 5.69 Å². The van der Waals surface area contributed by atoms with E-state index in [0.717, 1.165) is 38.6 Å². The Kier molecular flexibility index (Phi) is 10.7. The summed E-state index contributed by atoms with van der Waals surface area (Å²) in [6.07, 6.45) is 5.98. The van der Waals surface area contributed by atoms with Gasteiger partial charge in [-0.3, -0.25) is 19.2 Å². The number of amides is 3. The van der Waals surface area contributed by atoms with Crippen LogP contribution in [0.2, 0.25) is 0 Å². The Hall–Kier alpha value is -3.47. The van der Waals surface area contributed by atoms with Gasteiger partial charge in [0.1, 0.15) is 18.3 Å². The summed E-state index contributed by atoms with van der Waals surface area (Å²) >= 11 is 0. The Labute approximate surface area is 204 Å². The fraction of sp³-hybridized carbons (Fsp3) is 0.542. The van der Waals surface area contributed by atoms with E-state index in [1.807, 2.05) is 0 Å². The van der Waals surface area contributed by atoms with Gasteiger partial charge in [0.2, 0.25) is 17.7 Å². The van der Waals surface area contributed by atoms with Crippen LogP contribution in [0.15, 0.2) is 35.3 Å². The largest absolute Gasteiger partial charge is 0.478 e. The first kappa shape index (κ1) is 27.8. The maximum atomic E-state index is 12.9. The minimum Gasteiger partial charge on any atom is -0.478 e. The average molecular weight is 490 g/mol. The van der Waals surface area contributed by atoms with E-state index in [4.69, 9.17) is 5.11 Å². The molecule has 1 fully saturated rings. The van der Waals surface area contributed by atoms with E-state index in [-0.39, 0.29) is 37.0 Å². The lowest BCUT2D eigenvalue weighted by Crippen LogP contribution is -2.47. The van der Waals surface area contributed by atoms with Gasteiger partial charge in [-0.1, -0.05) is 13.0 Å². The van der Waals surface area contributed by atoms with Gasteiger partial charge in [-0.05, 0) is 44.4 Å². The molecule has 192 valence electrons. The number of piperidine rings is 1. The van der Waals surface area contributed by atoms with Crippen LogP contribution in [0.1, 0.15) is 39.5 Å². The molecule has 0 spiro atoms. The van der Waals surface area contributed by atoms with Crippen molar-refractivity contribution in [1.82, 2.24) is 19.7 Å². The number of carboxylic acid groups (broad SMARTS) is 1. The van der Waals surface area contributed by atoms with Gasteiger partial charge in [-0.25, -0.2) is 4.79 Å². The smallest absolute Gasteiger partial charge is 0.327 e. The van der Waals surface area contributed by atoms with Gasteiger partial charge in [0, 0.05) is 45.4 Å². The first-order valence-corrected chi connectivity index (χ1v) is 11.8. The minimum absolute atomic E-state index is 0.0133. The summed E-state index contributed by atoms with van der Waals surface area (Å²) in [7, 11) is 1.75. The SMILES string of the molecule is CCN1CCC(N(C)C(=O)Cn2cccc(NC(=O)C(CC/C=C/C(=O)O)NC(C)=O)c2=O)CC1. The Balaban J connectivity index is 2.04. The maximum absolute atomic E-state index is 12.9. The highest BCUT2D eigenvalue weighted by Crippen LogP contribution is 2.15. The molecule has 2 heterocycles. The second-order valence-electron chi connectivity index (χ2n) is 8.59. The molecule has 0 bridgehead atoms. The van der Waals surface area contributed by atoms with Crippen molar-refractivity contribution in [3.8, 4) is 0 Å². The molecule has 35 heavy (non-hydrogen) atoms. The maximum Gasteiger partial charge on any atom is 0.327 e. The molecule has 3 amide bonds. The van der Waals surface area contributed by atoms with E-state index >= 15 is 0 Å². The number of likely N-dealkylation sites (N-methyl/N-ethyl adjacent to an activating group) is 1. The third-order valence-corrected chi connectivity index (χ3v) is 6.11. The third kappa shape index (κ3) is 8.67. The molecule has 3 N–H and O–H groups in total. The molecule has 1 atom stereocenters. The highest BCUT2D eigenvalue weighted by Gasteiger charge is 2.25. The molecular formula is C24H35N5O6. The van der Waals surface area contributed by atoms with E-state index in [1.54, 1.807) is 18.0 Å². The van der Waals surface area contributed by atoms with Gasteiger partial charge in [-0.2, -0.15) is 0 Å². The van der Waals surface area contributed by atoms with Gasteiger partial charge < -0.3 is 30.1 Å². The van der Waals surface area contributed by atoms with Crippen LogP contribution in [-0.2, 0) is 25.7 Å². The van der Waals surface area contributed by atoms with Crippen molar-refractivity contribution in [1.29, 1.82) is 0 Å². The molecule has 1 saturated heterocycles. The summed E-state index contributed by atoms with van der Waals surface area (Å²) in [5, 5.41) is 13.7. The predicted octanol–water partition coefficient (Wildman–Crippen LogP) is 0.655. The lowest BCUT2D eigenvalue weighted by molar-refractivity contribution is -0.133. The minimum atomic E-state index is -1.11. The van der Waals surface area contributed by atoms with Crippen LogP contribution in [0.5, 0.6) is 0 Å². The fourth-order valence-corrected chi connectivity index (χ4v) is 4.02. The Bertz CT molecular complexity index is 996. The average Bonchev–Trinajstić information content (AvgIpc) is 2.82. The van der Waals surface area contributed by atoms with Crippen LogP contribution in [-0.4, -0.2) is 81.9 Å². The van der Waals surface area contributed by atoms with Crippen molar-refractivity contribution in [2.75, 3.05) is 32.0 Å². The number of pyridine rings is 1. The molecule has 0 radical (unpaired) electrons. The molecule has 1 aliphatic heterocycles. The van der Waals surface area contributed by atoms with Crippen LogP contribution in [0.3, 0.4) is 0 Å². The molecule has 1 aliphatic rings. The first-order chi connectivity index (χ1) is 16.6. The van der Waals surface area contributed by atoms with Crippen molar-refractivity contribution in [2.24, 2.45) is 0 Å². The molecule has 2 rings (SSSR count). The summed E-state index contributed by atoms with van der Waals surface area (Å²) in [4.78, 5) is 64.6. The summed E-state index contributed by atoms with van der Waals surface area (Å²) < 4.78 is 1.25. The quantitative estimate of drug-likeness (QED) is 0.388. The van der Waals surface area contributed by atoms with E-state index in [9.17, 15) is 24.0 Å². The number of carbonyl (C=O) groups is 4. The molecule has 11 nitrogen and oxygen atoms in total. The molecule has 1 unspecified atom stereocenters. The third-order valence-electron chi connectivity index (χ3n) is 6.11. The van der Waals surface area contributed by atoms with Crippen molar-refractivity contribution in [3.05, 3.63) is 40.8 Å². The number of aromatic nitrogens is 1. The Morgan fingerprint density at radius 1 is 1.26 bits per heavy atom. The summed E-state index contributed by atoms with van der Waals surface area (Å²) in [5.41, 5.74) is -0.545. The number of allylic oxidation sites excluding steroid dienone is 1. The van der Waals surface area contributed by atoms with Crippen molar-refractivity contribution >= 4 is 29.4 Å². The molecule has 0 aromatic carbocycles. The highest BCUT2D eigenvalue weighted by molar-refractivity contribution is 5.96. The number of hydrogen-bond acceptors (Lipinski definition) is 6. The fourth-order valence-electron chi connectivity index (χ4n) is 4.02. The summed E-state index contributed by atoms with van der Waals surface area (Å²) in [6, 6.07) is 2.16. The number of carbonyl (C=O) groups excluding carboxylic acids is 3. The van der Waals surface area contributed by atoms with Gasteiger partial charge in [0.15, 0.2) is 0 Å². The lowest BCUT2D eigenvalue weighted by Gasteiger charge is -2.36. The number of anilines is 1. The van der Waals surface area contributed by atoms with E-state index in [0.29, 0.717) is 0 Å². The van der Waals surface area contributed by atoms with Crippen molar-refractivity contribution < 1.29 is 24.3 Å². The monoisotopic (exact) mass is 489 g/mol.